The summed E-state index contributed by atoms with van der Waals surface area (Å²) >= 11 is 7.05. The molecular formula is C41H40ClN3O5. The van der Waals surface area contributed by atoms with Crippen molar-refractivity contribution in [2.24, 2.45) is 5.41 Å². The molecule has 3 aliphatic rings. The average molecular weight is 690 g/mol. The fourth-order valence-electron chi connectivity index (χ4n) is 7.37. The molecule has 2 aliphatic heterocycles. The summed E-state index contributed by atoms with van der Waals surface area (Å²) < 4.78 is 6.05. The van der Waals surface area contributed by atoms with Crippen molar-refractivity contribution >= 4 is 40.6 Å². The Kier molecular flexibility index (Phi) is 9.14. The lowest BCUT2D eigenvalue weighted by Crippen LogP contribution is -2.40. The first-order valence-electron chi connectivity index (χ1n) is 17.1. The Morgan fingerprint density at radius 3 is 2.44 bits per heavy atom. The average Bonchev–Trinajstić information content (AvgIpc) is 3.24. The molecule has 9 heteroatoms. The smallest absolute Gasteiger partial charge is 0.228 e. The number of para-hydroxylation sites is 1. The number of hydrogen-bond acceptors (Lipinski definition) is 6. The van der Waals surface area contributed by atoms with E-state index in [-0.39, 0.29) is 48.0 Å². The second-order valence-electron chi connectivity index (χ2n) is 14.1. The second kappa shape index (κ2) is 13.7. The highest BCUT2D eigenvalue weighted by Gasteiger charge is 2.44. The van der Waals surface area contributed by atoms with Crippen LogP contribution in [0.1, 0.15) is 67.8 Å². The first-order chi connectivity index (χ1) is 24.1. The normalized spacial score (nSPS) is 18.0. The molecule has 0 aromatic heterocycles. The first kappa shape index (κ1) is 33.4. The van der Waals surface area contributed by atoms with Gasteiger partial charge in [0.1, 0.15) is 23.8 Å². The third-order valence-corrected chi connectivity index (χ3v) is 10.2. The van der Waals surface area contributed by atoms with E-state index in [1.54, 1.807) is 46.2 Å². The molecule has 256 valence electrons. The molecule has 4 aromatic rings. The molecule has 0 saturated heterocycles. The van der Waals surface area contributed by atoms with Gasteiger partial charge in [-0.05, 0) is 64.8 Å². The number of nitrogens with one attached hydrogen (secondary N) is 1. The molecule has 0 fully saturated rings. The number of anilines is 2. The van der Waals surface area contributed by atoms with E-state index in [0.29, 0.717) is 65.1 Å². The van der Waals surface area contributed by atoms with E-state index < -0.39 is 6.04 Å². The number of benzene rings is 4. The van der Waals surface area contributed by atoms with Crippen molar-refractivity contribution in [2.45, 2.75) is 65.1 Å². The quantitative estimate of drug-likeness (QED) is 0.190. The molecule has 1 aliphatic carbocycles. The van der Waals surface area contributed by atoms with Crippen molar-refractivity contribution in [2.75, 3.05) is 16.8 Å². The summed E-state index contributed by atoms with van der Waals surface area (Å²) in [5.74, 6) is -0.0859. The highest BCUT2D eigenvalue weighted by Crippen LogP contribution is 2.51. The van der Waals surface area contributed by atoms with Gasteiger partial charge in [-0.1, -0.05) is 92.2 Å². The van der Waals surface area contributed by atoms with Gasteiger partial charge in [-0.15, -0.1) is 0 Å². The molecule has 1 atom stereocenters. The van der Waals surface area contributed by atoms with Gasteiger partial charge in [0.25, 0.3) is 0 Å². The third kappa shape index (κ3) is 6.72. The van der Waals surface area contributed by atoms with E-state index in [4.69, 9.17) is 16.3 Å². The van der Waals surface area contributed by atoms with Gasteiger partial charge in [0.15, 0.2) is 5.78 Å². The Bertz CT molecular complexity index is 2010. The van der Waals surface area contributed by atoms with E-state index >= 15 is 0 Å². The number of carbonyl (C=O) groups excluding carboxylic acids is 3. The zero-order valence-corrected chi connectivity index (χ0v) is 29.0. The summed E-state index contributed by atoms with van der Waals surface area (Å²) in [5.41, 5.74) is 5.35. The van der Waals surface area contributed by atoms with Crippen LogP contribution in [0.4, 0.5) is 11.4 Å². The maximum absolute atomic E-state index is 14.6. The minimum atomic E-state index is -0.913. The van der Waals surface area contributed by atoms with Crippen molar-refractivity contribution in [3.8, 4) is 11.5 Å². The van der Waals surface area contributed by atoms with Crippen LogP contribution in [0.15, 0.2) is 102 Å². The van der Waals surface area contributed by atoms with Crippen molar-refractivity contribution < 1.29 is 24.2 Å². The SMILES string of the molecule is CC1(C)CC(=O)C2=C(C1)Nc1c(O)cccc1N(C(=O)CCC(=O)N1CCc3ccccc3C1)C2c1ccc(OCc2ccccc2)cc1Cl. The van der Waals surface area contributed by atoms with Gasteiger partial charge in [-0.2, -0.15) is 0 Å². The fourth-order valence-corrected chi connectivity index (χ4v) is 7.65. The van der Waals surface area contributed by atoms with Crippen LogP contribution in [-0.4, -0.2) is 34.1 Å². The van der Waals surface area contributed by atoms with Crippen LogP contribution in [0.25, 0.3) is 0 Å². The summed E-state index contributed by atoms with van der Waals surface area (Å²) in [6.45, 7) is 5.50. The molecule has 2 amide bonds. The molecule has 0 saturated carbocycles. The van der Waals surface area contributed by atoms with E-state index in [0.717, 1.165) is 17.5 Å². The number of carbonyl (C=O) groups is 3. The van der Waals surface area contributed by atoms with Crippen LogP contribution in [0.2, 0.25) is 5.02 Å². The van der Waals surface area contributed by atoms with E-state index in [9.17, 15) is 19.5 Å². The number of Topliss-reactive ketones (excluding diaryl/α,β-unsaturated/α-hetero) is 1. The van der Waals surface area contributed by atoms with E-state index in [1.807, 2.05) is 62.4 Å². The largest absolute Gasteiger partial charge is 0.506 e. The molecule has 8 nitrogen and oxygen atoms in total. The minimum absolute atomic E-state index is 0.00131. The fraction of sp³-hybridized carbons (Fsp3) is 0.293. The van der Waals surface area contributed by atoms with Gasteiger partial charge < -0.3 is 20.1 Å². The summed E-state index contributed by atoms with van der Waals surface area (Å²) in [7, 11) is 0. The number of aromatic hydroxyl groups is 1. The topological polar surface area (TPSA) is 99.2 Å². The molecule has 0 bridgehead atoms. The number of hydrogen-bond donors (Lipinski definition) is 2. The lowest BCUT2D eigenvalue weighted by atomic mass is 9.73. The Hall–Kier alpha value is -5.08. The Morgan fingerprint density at radius 2 is 1.66 bits per heavy atom. The van der Waals surface area contributed by atoms with Gasteiger partial charge in [-0.25, -0.2) is 0 Å². The molecule has 7 rings (SSSR count). The zero-order chi connectivity index (χ0) is 35.0. The predicted octanol–water partition coefficient (Wildman–Crippen LogP) is 8.13. The molecule has 1 unspecified atom stereocenters. The molecule has 2 heterocycles. The lowest BCUT2D eigenvalue weighted by Gasteiger charge is -2.37. The maximum atomic E-state index is 14.6. The number of phenols is 1. The van der Waals surface area contributed by atoms with Crippen molar-refractivity contribution in [1.82, 2.24) is 4.90 Å². The zero-order valence-electron chi connectivity index (χ0n) is 28.2. The molecular weight excluding hydrogens is 650 g/mol. The van der Waals surface area contributed by atoms with Crippen molar-refractivity contribution in [3.05, 3.63) is 130 Å². The van der Waals surface area contributed by atoms with Crippen molar-refractivity contribution in [1.29, 1.82) is 0 Å². The van der Waals surface area contributed by atoms with E-state index in [2.05, 4.69) is 11.4 Å². The molecule has 0 spiro atoms. The van der Waals surface area contributed by atoms with Gasteiger partial charge in [-0.3, -0.25) is 19.3 Å². The van der Waals surface area contributed by atoms with Crippen LogP contribution < -0.4 is 15.0 Å². The monoisotopic (exact) mass is 689 g/mol. The Labute approximate surface area is 297 Å². The summed E-state index contributed by atoms with van der Waals surface area (Å²) in [6.07, 6.45) is 1.46. The van der Waals surface area contributed by atoms with Crippen LogP contribution in [0, 0.1) is 5.41 Å². The Balaban J connectivity index is 1.25. The van der Waals surface area contributed by atoms with Crippen molar-refractivity contribution in [3.63, 3.8) is 0 Å². The molecule has 50 heavy (non-hydrogen) atoms. The number of phenolic OH excluding ortho intramolecular Hbond substituents is 1. The van der Waals surface area contributed by atoms with Crippen LogP contribution in [0.5, 0.6) is 11.5 Å². The van der Waals surface area contributed by atoms with Gasteiger partial charge in [0.05, 0.1) is 11.7 Å². The van der Waals surface area contributed by atoms with Crippen LogP contribution in [-0.2, 0) is 34.0 Å². The maximum Gasteiger partial charge on any atom is 0.228 e. The van der Waals surface area contributed by atoms with Gasteiger partial charge >= 0.3 is 0 Å². The second-order valence-corrected chi connectivity index (χ2v) is 14.5. The number of rotatable bonds is 7. The number of ketones is 1. The number of halogens is 1. The molecule has 4 aromatic carbocycles. The third-order valence-electron chi connectivity index (χ3n) is 9.83. The number of ether oxygens (including phenoxy) is 1. The number of fused-ring (bicyclic) bond motifs is 2. The lowest BCUT2D eigenvalue weighted by molar-refractivity contribution is -0.134. The van der Waals surface area contributed by atoms with E-state index in [1.165, 1.54) is 5.56 Å². The molecule has 0 radical (unpaired) electrons. The standard InChI is InChI=1S/C41H40ClN3O5/c1-41(2)22-32-38(35(47)23-41)40(30-16-15-29(21-31(30)42)50-25-26-9-4-3-5-10-26)45(33-13-8-14-34(46)39(33)43-32)37(49)18-17-36(48)44-20-19-27-11-6-7-12-28(27)24-44/h3-16,21,40,43,46H,17-20,22-25H2,1-2H3. The van der Waals surface area contributed by atoms with Crippen LogP contribution in [0.3, 0.4) is 0 Å². The summed E-state index contributed by atoms with van der Waals surface area (Å²) in [6, 6.07) is 27.3. The predicted molar refractivity (Wildman–Crippen MR) is 194 cm³/mol. The minimum Gasteiger partial charge on any atom is -0.506 e. The van der Waals surface area contributed by atoms with Crippen LogP contribution >= 0.6 is 11.6 Å². The first-order valence-corrected chi connectivity index (χ1v) is 17.4. The number of allylic oxidation sites excluding steroid dienone is 1. The molecule has 2 N–H and O–H groups in total. The Morgan fingerprint density at radius 1 is 0.920 bits per heavy atom. The highest BCUT2D eigenvalue weighted by atomic mass is 35.5. The summed E-state index contributed by atoms with van der Waals surface area (Å²) in [5, 5.41) is 14.8. The van der Waals surface area contributed by atoms with Gasteiger partial charge in [0.2, 0.25) is 11.8 Å². The summed E-state index contributed by atoms with van der Waals surface area (Å²) in [4.78, 5) is 45.6. The van der Waals surface area contributed by atoms with Gasteiger partial charge in [0, 0.05) is 48.6 Å². The number of nitrogens with zero attached hydrogens (tertiary/aromatic N) is 2. The number of amides is 2. The highest BCUT2D eigenvalue weighted by molar-refractivity contribution is 6.31.